The number of rotatable bonds is 8. The molecule has 0 radical (unpaired) electrons. The number of hydrogen-bond acceptors (Lipinski definition) is 3. The lowest BCUT2D eigenvalue weighted by molar-refractivity contribution is -0.137. The molecule has 0 spiro atoms. The van der Waals surface area contributed by atoms with Gasteiger partial charge in [0, 0.05) is 19.0 Å². The Kier molecular flexibility index (Phi) is 6.42. The number of carboxylic acids is 1. The minimum atomic E-state index is -0.859. The van der Waals surface area contributed by atoms with E-state index in [1.165, 1.54) is 5.56 Å². The molecule has 0 fully saturated rings. The summed E-state index contributed by atoms with van der Waals surface area (Å²) in [6, 6.07) is 5.50. The summed E-state index contributed by atoms with van der Waals surface area (Å²) in [4.78, 5) is 10.7. The van der Waals surface area contributed by atoms with E-state index in [1.54, 1.807) is 6.08 Å². The van der Waals surface area contributed by atoms with Gasteiger partial charge in [0.25, 0.3) is 0 Å². The molecular weight excluding hydrogens is 254 g/mol. The summed E-state index contributed by atoms with van der Waals surface area (Å²) in [6.07, 6.45) is 1.36. The van der Waals surface area contributed by atoms with Crippen molar-refractivity contribution in [3.05, 3.63) is 47.5 Å². The van der Waals surface area contributed by atoms with Gasteiger partial charge in [-0.1, -0.05) is 24.3 Å². The fourth-order valence-electron chi connectivity index (χ4n) is 2.07. The topological polar surface area (TPSA) is 69.6 Å². The van der Waals surface area contributed by atoms with Gasteiger partial charge in [-0.2, -0.15) is 0 Å². The molecule has 0 amide bonds. The molecule has 1 aromatic rings. The lowest BCUT2D eigenvalue weighted by atomic mass is 9.95. The first kappa shape index (κ1) is 16.4. The summed E-state index contributed by atoms with van der Waals surface area (Å²) in [7, 11) is 0. The Hall–Kier alpha value is -1.65. The van der Waals surface area contributed by atoms with Crippen molar-refractivity contribution in [2.45, 2.75) is 38.8 Å². The van der Waals surface area contributed by atoms with Crippen LogP contribution in [0, 0.1) is 13.8 Å². The number of aliphatic hydroxyl groups excluding tert-OH is 1. The van der Waals surface area contributed by atoms with Gasteiger partial charge >= 0.3 is 5.97 Å². The average molecular weight is 277 g/mol. The lowest BCUT2D eigenvalue weighted by Gasteiger charge is -2.24. The van der Waals surface area contributed by atoms with Gasteiger partial charge in [0.2, 0.25) is 0 Å². The van der Waals surface area contributed by atoms with Crippen molar-refractivity contribution in [2.24, 2.45) is 0 Å². The van der Waals surface area contributed by atoms with Gasteiger partial charge in [0.05, 0.1) is 6.10 Å². The Labute approximate surface area is 120 Å². The van der Waals surface area contributed by atoms with E-state index in [4.69, 9.17) is 5.11 Å². The molecule has 0 bridgehead atoms. The highest BCUT2D eigenvalue weighted by Gasteiger charge is 2.21. The van der Waals surface area contributed by atoms with Gasteiger partial charge in [0.15, 0.2) is 0 Å². The number of carboxylic acid groups (broad SMARTS) is 1. The minimum Gasteiger partial charge on any atom is -0.481 e. The van der Waals surface area contributed by atoms with Gasteiger partial charge in [-0.25, -0.2) is 0 Å². The molecule has 0 saturated heterocycles. The Bertz CT molecular complexity index is 471. The van der Waals surface area contributed by atoms with Crippen LogP contribution in [0.2, 0.25) is 0 Å². The van der Waals surface area contributed by atoms with Crippen LogP contribution in [0.5, 0.6) is 0 Å². The summed E-state index contributed by atoms with van der Waals surface area (Å²) in [5, 5.41) is 22.4. The maximum atomic E-state index is 10.7. The molecule has 20 heavy (non-hydrogen) atoms. The van der Waals surface area contributed by atoms with Gasteiger partial charge in [-0.05, 0) is 37.0 Å². The van der Waals surface area contributed by atoms with E-state index >= 15 is 0 Å². The van der Waals surface area contributed by atoms with Crippen molar-refractivity contribution in [3.63, 3.8) is 0 Å². The first-order chi connectivity index (χ1) is 9.45. The molecule has 0 aliphatic rings. The van der Waals surface area contributed by atoms with Crippen molar-refractivity contribution in [3.8, 4) is 0 Å². The van der Waals surface area contributed by atoms with E-state index in [2.05, 4.69) is 11.9 Å². The van der Waals surface area contributed by atoms with Crippen LogP contribution in [-0.4, -0.2) is 28.8 Å². The molecule has 0 aromatic heterocycles. The zero-order valence-corrected chi connectivity index (χ0v) is 12.1. The van der Waals surface area contributed by atoms with Crippen LogP contribution < -0.4 is 5.32 Å². The normalized spacial score (nSPS) is 13.8. The van der Waals surface area contributed by atoms with Gasteiger partial charge in [-0.15, -0.1) is 6.58 Å². The molecule has 110 valence electrons. The van der Waals surface area contributed by atoms with E-state index in [0.717, 1.165) is 11.1 Å². The highest BCUT2D eigenvalue weighted by Crippen LogP contribution is 2.22. The van der Waals surface area contributed by atoms with Crippen molar-refractivity contribution in [1.29, 1.82) is 0 Å². The van der Waals surface area contributed by atoms with Crippen LogP contribution in [-0.2, 0) is 4.79 Å². The first-order valence-corrected chi connectivity index (χ1v) is 6.77. The number of nitrogens with one attached hydrogen (secondary N) is 1. The Balaban J connectivity index is 2.83. The number of hydrogen-bond donors (Lipinski definition) is 3. The summed E-state index contributed by atoms with van der Waals surface area (Å²) < 4.78 is 0. The molecule has 4 nitrogen and oxygen atoms in total. The second-order valence-corrected chi connectivity index (χ2v) is 5.02. The Morgan fingerprint density at radius 1 is 1.40 bits per heavy atom. The Morgan fingerprint density at radius 3 is 2.65 bits per heavy atom. The molecule has 0 saturated carbocycles. The number of aryl methyl sites for hydroxylation is 2. The van der Waals surface area contributed by atoms with Crippen LogP contribution in [0.3, 0.4) is 0 Å². The van der Waals surface area contributed by atoms with E-state index in [0.29, 0.717) is 13.0 Å². The fraction of sp³-hybridized carbons (Fsp3) is 0.438. The predicted octanol–water partition coefficient (Wildman–Crippen LogP) is 2.35. The zero-order valence-electron chi connectivity index (χ0n) is 12.1. The molecule has 2 unspecified atom stereocenters. The highest BCUT2D eigenvalue weighted by atomic mass is 16.4. The predicted molar refractivity (Wildman–Crippen MR) is 79.7 cm³/mol. The van der Waals surface area contributed by atoms with E-state index < -0.39 is 12.1 Å². The molecule has 1 rings (SSSR count). The van der Waals surface area contributed by atoms with Gasteiger partial charge < -0.3 is 15.5 Å². The van der Waals surface area contributed by atoms with Crippen LogP contribution in [0.4, 0.5) is 0 Å². The monoisotopic (exact) mass is 277 g/mol. The average Bonchev–Trinajstić information content (AvgIpc) is 2.41. The third kappa shape index (κ3) is 4.79. The molecule has 2 atom stereocenters. The summed E-state index contributed by atoms with van der Waals surface area (Å²) in [5.41, 5.74) is 3.09. The Morgan fingerprint density at radius 2 is 2.10 bits per heavy atom. The SMILES string of the molecule is C=CCNC(CCC(=O)O)C(O)c1ccc(C)c(C)c1. The molecule has 4 heteroatoms. The smallest absolute Gasteiger partial charge is 0.303 e. The van der Waals surface area contributed by atoms with Crippen molar-refractivity contribution in [2.75, 3.05) is 6.54 Å². The quantitative estimate of drug-likeness (QED) is 0.638. The van der Waals surface area contributed by atoms with Crippen LogP contribution >= 0.6 is 0 Å². The number of aliphatic carboxylic acids is 1. The zero-order chi connectivity index (χ0) is 15.1. The maximum absolute atomic E-state index is 10.7. The third-order valence-corrected chi connectivity index (χ3v) is 3.45. The van der Waals surface area contributed by atoms with Crippen LogP contribution in [0.1, 0.15) is 35.6 Å². The minimum absolute atomic E-state index is 0.0245. The van der Waals surface area contributed by atoms with E-state index in [1.807, 2.05) is 32.0 Å². The van der Waals surface area contributed by atoms with Crippen LogP contribution in [0.15, 0.2) is 30.9 Å². The van der Waals surface area contributed by atoms with E-state index in [-0.39, 0.29) is 12.5 Å². The molecule has 0 aliphatic heterocycles. The fourth-order valence-corrected chi connectivity index (χ4v) is 2.07. The lowest BCUT2D eigenvalue weighted by Crippen LogP contribution is -2.35. The molecular formula is C16H23NO3. The molecule has 1 aromatic carbocycles. The highest BCUT2D eigenvalue weighted by molar-refractivity contribution is 5.66. The first-order valence-electron chi connectivity index (χ1n) is 6.77. The summed E-state index contributed by atoms with van der Waals surface area (Å²) in [6.45, 7) is 8.17. The van der Waals surface area contributed by atoms with Gasteiger partial charge in [-0.3, -0.25) is 4.79 Å². The van der Waals surface area contributed by atoms with Crippen molar-refractivity contribution in [1.82, 2.24) is 5.32 Å². The number of carbonyl (C=O) groups is 1. The summed E-state index contributed by atoms with van der Waals surface area (Å²) in [5.74, 6) is -0.859. The third-order valence-electron chi connectivity index (χ3n) is 3.45. The molecule has 0 heterocycles. The second kappa shape index (κ2) is 7.82. The standard InChI is InChI=1S/C16H23NO3/c1-4-9-17-14(7-8-15(18)19)16(20)13-6-5-11(2)12(3)10-13/h4-6,10,14,16-17,20H,1,7-9H2,2-3H3,(H,18,19). The second-order valence-electron chi connectivity index (χ2n) is 5.02. The number of aliphatic hydroxyl groups is 1. The van der Waals surface area contributed by atoms with Crippen molar-refractivity contribution < 1.29 is 15.0 Å². The van der Waals surface area contributed by atoms with Gasteiger partial charge in [0.1, 0.15) is 0 Å². The van der Waals surface area contributed by atoms with E-state index in [9.17, 15) is 9.90 Å². The molecule has 3 N–H and O–H groups in total. The van der Waals surface area contributed by atoms with Crippen LogP contribution in [0.25, 0.3) is 0 Å². The number of benzene rings is 1. The maximum Gasteiger partial charge on any atom is 0.303 e. The largest absolute Gasteiger partial charge is 0.481 e. The van der Waals surface area contributed by atoms with Crippen molar-refractivity contribution >= 4 is 5.97 Å². The molecule has 0 aliphatic carbocycles. The summed E-state index contributed by atoms with van der Waals surface area (Å²) >= 11 is 0.